The molecule has 2 heterocycles. The zero-order valence-corrected chi connectivity index (χ0v) is 9.30. The highest BCUT2D eigenvalue weighted by Gasteiger charge is 2.44. The summed E-state index contributed by atoms with van der Waals surface area (Å²) in [6, 6.07) is 0. The van der Waals surface area contributed by atoms with Crippen molar-refractivity contribution in [3.05, 3.63) is 0 Å². The number of carbonyl (C=O) groups is 1. The molecular formula is C12H20N2O. The molecule has 0 radical (unpaired) electrons. The second kappa shape index (κ2) is 3.48. The first kappa shape index (κ1) is 9.64. The summed E-state index contributed by atoms with van der Waals surface area (Å²) in [7, 11) is 0. The minimum atomic E-state index is 0.0278. The molecule has 84 valence electrons. The van der Waals surface area contributed by atoms with E-state index in [4.69, 9.17) is 0 Å². The van der Waals surface area contributed by atoms with Gasteiger partial charge < -0.3 is 10.2 Å². The molecule has 2 saturated heterocycles. The molecule has 0 aromatic rings. The van der Waals surface area contributed by atoms with Crippen LogP contribution in [0.3, 0.4) is 0 Å². The van der Waals surface area contributed by atoms with E-state index in [0.29, 0.717) is 5.91 Å². The Bertz CT molecular complexity index is 265. The largest absolute Gasteiger partial charge is 0.356 e. The zero-order chi connectivity index (χ0) is 10.3. The van der Waals surface area contributed by atoms with Crippen molar-refractivity contribution in [2.75, 3.05) is 26.2 Å². The van der Waals surface area contributed by atoms with E-state index in [-0.39, 0.29) is 5.41 Å². The summed E-state index contributed by atoms with van der Waals surface area (Å²) in [5.41, 5.74) is 0.0278. The van der Waals surface area contributed by atoms with Gasteiger partial charge in [-0.3, -0.25) is 4.79 Å². The van der Waals surface area contributed by atoms with Crippen molar-refractivity contribution in [1.29, 1.82) is 0 Å². The van der Waals surface area contributed by atoms with Crippen LogP contribution in [0.2, 0.25) is 0 Å². The summed E-state index contributed by atoms with van der Waals surface area (Å²) >= 11 is 0. The Morgan fingerprint density at radius 1 is 1.27 bits per heavy atom. The number of carbonyl (C=O) groups excluding carboxylic acids is 1. The predicted molar refractivity (Wildman–Crippen MR) is 58.5 cm³/mol. The monoisotopic (exact) mass is 208 g/mol. The second-order valence-electron chi connectivity index (χ2n) is 5.53. The lowest BCUT2D eigenvalue weighted by atomic mass is 9.77. The van der Waals surface area contributed by atoms with Gasteiger partial charge in [0.1, 0.15) is 0 Å². The number of likely N-dealkylation sites (tertiary alicyclic amines) is 1. The molecule has 0 bridgehead atoms. The number of amides is 1. The summed E-state index contributed by atoms with van der Waals surface area (Å²) < 4.78 is 0. The van der Waals surface area contributed by atoms with Crippen LogP contribution in [0.15, 0.2) is 0 Å². The van der Waals surface area contributed by atoms with E-state index in [2.05, 4.69) is 10.2 Å². The van der Waals surface area contributed by atoms with Crippen LogP contribution in [0.5, 0.6) is 0 Å². The zero-order valence-electron chi connectivity index (χ0n) is 9.30. The molecule has 0 unspecified atom stereocenters. The van der Waals surface area contributed by atoms with Gasteiger partial charge in [0.15, 0.2) is 0 Å². The molecule has 0 aromatic heterocycles. The molecule has 3 aliphatic rings. The van der Waals surface area contributed by atoms with Crippen LogP contribution in [0.4, 0.5) is 0 Å². The standard InChI is InChI=1S/C12H20N2O/c15-11-12(3-6-13-11)4-7-14(8-5-12)9-10-1-2-10/h10H,1-9H2,(H,13,15). The Hall–Kier alpha value is -0.570. The third-order valence-electron chi connectivity index (χ3n) is 4.40. The van der Waals surface area contributed by atoms with Gasteiger partial charge >= 0.3 is 0 Å². The van der Waals surface area contributed by atoms with Crippen LogP contribution < -0.4 is 5.32 Å². The van der Waals surface area contributed by atoms with Crippen LogP contribution in [0, 0.1) is 11.3 Å². The lowest BCUT2D eigenvalue weighted by molar-refractivity contribution is -0.130. The van der Waals surface area contributed by atoms with Gasteiger partial charge in [-0.2, -0.15) is 0 Å². The van der Waals surface area contributed by atoms with Crippen LogP contribution in [0.1, 0.15) is 32.1 Å². The summed E-state index contributed by atoms with van der Waals surface area (Å²) in [6.45, 7) is 4.48. The molecule has 0 aromatic carbocycles. The molecule has 1 N–H and O–H groups in total. The molecular weight excluding hydrogens is 188 g/mol. The molecule has 3 heteroatoms. The van der Waals surface area contributed by atoms with Crippen molar-refractivity contribution in [1.82, 2.24) is 10.2 Å². The lowest BCUT2D eigenvalue weighted by Crippen LogP contribution is -2.44. The molecule has 1 saturated carbocycles. The topological polar surface area (TPSA) is 32.3 Å². The Labute approximate surface area is 91.2 Å². The summed E-state index contributed by atoms with van der Waals surface area (Å²) in [5.74, 6) is 1.31. The van der Waals surface area contributed by atoms with Crippen molar-refractivity contribution in [3.8, 4) is 0 Å². The van der Waals surface area contributed by atoms with Gasteiger partial charge in [0.2, 0.25) is 5.91 Å². The van der Waals surface area contributed by atoms with Crippen molar-refractivity contribution < 1.29 is 4.79 Å². The second-order valence-corrected chi connectivity index (χ2v) is 5.53. The normalized spacial score (nSPS) is 30.8. The van der Waals surface area contributed by atoms with Crippen molar-refractivity contribution >= 4 is 5.91 Å². The third-order valence-corrected chi connectivity index (χ3v) is 4.40. The van der Waals surface area contributed by atoms with Gasteiger partial charge in [0.25, 0.3) is 0 Å². The molecule has 2 aliphatic heterocycles. The fraction of sp³-hybridized carbons (Fsp3) is 0.917. The minimum absolute atomic E-state index is 0.0278. The average Bonchev–Trinajstić information content (AvgIpc) is 2.99. The van der Waals surface area contributed by atoms with Crippen molar-refractivity contribution in [3.63, 3.8) is 0 Å². The van der Waals surface area contributed by atoms with E-state index in [1.165, 1.54) is 19.4 Å². The third kappa shape index (κ3) is 1.78. The maximum Gasteiger partial charge on any atom is 0.226 e. The highest BCUT2D eigenvalue weighted by Crippen LogP contribution is 2.39. The number of hydrogen-bond donors (Lipinski definition) is 1. The maximum absolute atomic E-state index is 11.8. The minimum Gasteiger partial charge on any atom is -0.356 e. The Morgan fingerprint density at radius 2 is 2.00 bits per heavy atom. The molecule has 1 spiro atoms. The van der Waals surface area contributed by atoms with Gasteiger partial charge in [0.05, 0.1) is 5.41 Å². The maximum atomic E-state index is 11.8. The number of nitrogens with zero attached hydrogens (tertiary/aromatic N) is 1. The quantitative estimate of drug-likeness (QED) is 0.734. The fourth-order valence-corrected chi connectivity index (χ4v) is 3.02. The van der Waals surface area contributed by atoms with E-state index < -0.39 is 0 Å². The Morgan fingerprint density at radius 3 is 2.53 bits per heavy atom. The molecule has 3 rings (SSSR count). The van der Waals surface area contributed by atoms with Gasteiger partial charge in [0, 0.05) is 13.1 Å². The Kier molecular flexibility index (Phi) is 2.23. The Balaban J connectivity index is 1.57. The summed E-state index contributed by atoms with van der Waals surface area (Å²) in [5, 5.41) is 2.99. The molecule has 1 aliphatic carbocycles. The highest BCUT2D eigenvalue weighted by atomic mass is 16.2. The van der Waals surface area contributed by atoms with Crippen LogP contribution >= 0.6 is 0 Å². The van der Waals surface area contributed by atoms with Crippen molar-refractivity contribution in [2.45, 2.75) is 32.1 Å². The summed E-state index contributed by atoms with van der Waals surface area (Å²) in [4.78, 5) is 14.3. The molecule has 15 heavy (non-hydrogen) atoms. The first-order chi connectivity index (χ1) is 7.28. The SMILES string of the molecule is O=C1NCCC12CCN(CC1CC1)CC2. The van der Waals surface area contributed by atoms with Gasteiger partial charge in [-0.25, -0.2) is 0 Å². The van der Waals surface area contributed by atoms with Crippen LogP contribution in [-0.4, -0.2) is 37.0 Å². The first-order valence-corrected chi connectivity index (χ1v) is 6.29. The summed E-state index contributed by atoms with van der Waals surface area (Å²) in [6.07, 6.45) is 6.12. The smallest absolute Gasteiger partial charge is 0.226 e. The van der Waals surface area contributed by atoms with E-state index >= 15 is 0 Å². The van der Waals surface area contributed by atoms with Gasteiger partial charge in [-0.1, -0.05) is 0 Å². The average molecular weight is 208 g/mol. The number of nitrogens with one attached hydrogen (secondary N) is 1. The molecule has 1 amide bonds. The molecule has 3 nitrogen and oxygen atoms in total. The number of hydrogen-bond acceptors (Lipinski definition) is 2. The lowest BCUT2D eigenvalue weighted by Gasteiger charge is -2.37. The fourth-order valence-electron chi connectivity index (χ4n) is 3.02. The molecule has 0 atom stereocenters. The van der Waals surface area contributed by atoms with E-state index in [9.17, 15) is 4.79 Å². The van der Waals surface area contributed by atoms with Gasteiger partial charge in [-0.15, -0.1) is 0 Å². The van der Waals surface area contributed by atoms with E-state index in [0.717, 1.165) is 44.8 Å². The van der Waals surface area contributed by atoms with Crippen LogP contribution in [0.25, 0.3) is 0 Å². The number of rotatable bonds is 2. The highest BCUT2D eigenvalue weighted by molar-refractivity contribution is 5.84. The van der Waals surface area contributed by atoms with Crippen LogP contribution in [-0.2, 0) is 4.79 Å². The van der Waals surface area contributed by atoms with Gasteiger partial charge in [-0.05, 0) is 51.1 Å². The first-order valence-electron chi connectivity index (χ1n) is 6.29. The number of piperidine rings is 1. The molecule has 3 fully saturated rings. The predicted octanol–water partition coefficient (Wildman–Crippen LogP) is 0.998. The van der Waals surface area contributed by atoms with E-state index in [1.54, 1.807) is 0 Å². The van der Waals surface area contributed by atoms with E-state index in [1.807, 2.05) is 0 Å². The van der Waals surface area contributed by atoms with Crippen molar-refractivity contribution in [2.24, 2.45) is 11.3 Å².